The monoisotopic (exact) mass is 186 g/mol. The summed E-state index contributed by atoms with van der Waals surface area (Å²) < 4.78 is 17.8. The Labute approximate surface area is 73.0 Å². The Bertz CT molecular complexity index is 256. The third-order valence-electron chi connectivity index (χ3n) is 3.77. The third kappa shape index (κ3) is 0.736. The van der Waals surface area contributed by atoms with Crippen LogP contribution in [-0.4, -0.2) is 30.2 Å². The maximum absolute atomic E-state index is 11.9. The average molecular weight is 186 g/mol. The lowest BCUT2D eigenvalue weighted by Crippen LogP contribution is -2.27. The molecular weight excluding hydrogens is 171 g/mol. The first kappa shape index (κ1) is 7.58. The highest BCUT2D eigenvalue weighted by molar-refractivity contribution is 7.63. The van der Waals surface area contributed by atoms with Crippen molar-refractivity contribution in [2.45, 2.75) is 36.9 Å². The molecule has 2 saturated heterocycles. The first-order valence-electron chi connectivity index (χ1n) is 4.83. The molecule has 2 heterocycles. The molecule has 1 saturated carbocycles. The van der Waals surface area contributed by atoms with Gasteiger partial charge in [0.15, 0.2) is 0 Å². The van der Waals surface area contributed by atoms with Crippen molar-refractivity contribution >= 4 is 7.14 Å². The third-order valence-corrected chi connectivity index (χ3v) is 6.13. The molecule has 2 unspecified atom stereocenters. The van der Waals surface area contributed by atoms with Crippen molar-refractivity contribution in [2.75, 3.05) is 19.0 Å². The van der Waals surface area contributed by atoms with E-state index in [0.717, 1.165) is 12.3 Å². The molecule has 68 valence electrons. The molecule has 0 radical (unpaired) electrons. The van der Waals surface area contributed by atoms with Crippen LogP contribution in [0.3, 0.4) is 0 Å². The van der Waals surface area contributed by atoms with Gasteiger partial charge in [0.1, 0.15) is 11.2 Å². The zero-order valence-electron chi connectivity index (χ0n) is 7.51. The second-order valence-electron chi connectivity index (χ2n) is 4.91. The lowest BCUT2D eigenvalue weighted by Gasteiger charge is -2.16. The molecule has 3 rings (SSSR count). The van der Waals surface area contributed by atoms with E-state index >= 15 is 0 Å². The van der Waals surface area contributed by atoms with E-state index in [0.29, 0.717) is 0 Å². The van der Waals surface area contributed by atoms with Crippen molar-refractivity contribution in [1.29, 1.82) is 0 Å². The van der Waals surface area contributed by atoms with Gasteiger partial charge in [-0.2, -0.15) is 0 Å². The van der Waals surface area contributed by atoms with E-state index in [2.05, 4.69) is 0 Å². The van der Waals surface area contributed by atoms with Gasteiger partial charge >= 0.3 is 0 Å². The molecule has 0 aromatic rings. The predicted octanol–water partition coefficient (Wildman–Crippen LogP) is 2.07. The molecule has 0 spiro atoms. The lowest BCUT2D eigenvalue weighted by atomic mass is 9.82. The SMILES string of the molecule is CP1(=O)CC23CCCCC2(C1)O3. The summed E-state index contributed by atoms with van der Waals surface area (Å²) in [4.78, 5) is 0. The average Bonchev–Trinajstić information content (AvgIpc) is 2.45. The maximum atomic E-state index is 11.9. The van der Waals surface area contributed by atoms with Crippen LogP contribution in [0.25, 0.3) is 0 Å². The van der Waals surface area contributed by atoms with Gasteiger partial charge in [0.05, 0.1) is 7.14 Å². The summed E-state index contributed by atoms with van der Waals surface area (Å²) in [6, 6.07) is 0. The van der Waals surface area contributed by atoms with Crippen LogP contribution >= 0.6 is 7.14 Å². The van der Waals surface area contributed by atoms with E-state index in [1.54, 1.807) is 0 Å². The summed E-state index contributed by atoms with van der Waals surface area (Å²) in [5.41, 5.74) is 0.213. The lowest BCUT2D eigenvalue weighted by molar-refractivity contribution is 0.273. The van der Waals surface area contributed by atoms with Gasteiger partial charge < -0.3 is 9.30 Å². The van der Waals surface area contributed by atoms with Crippen LogP contribution in [0.4, 0.5) is 0 Å². The Kier molecular flexibility index (Phi) is 1.16. The van der Waals surface area contributed by atoms with E-state index in [-0.39, 0.29) is 11.2 Å². The van der Waals surface area contributed by atoms with Crippen LogP contribution in [0.2, 0.25) is 0 Å². The maximum Gasteiger partial charge on any atom is 0.105 e. The number of epoxide rings is 1. The summed E-state index contributed by atoms with van der Waals surface area (Å²) in [5, 5.41) is 0. The van der Waals surface area contributed by atoms with E-state index in [9.17, 15) is 4.57 Å². The Morgan fingerprint density at radius 1 is 1.17 bits per heavy atom. The standard InChI is InChI=1S/C9H15O2P/c1-12(10)6-8-4-2-3-5-9(8,7-12)11-8/h2-7H2,1H3. The molecule has 1 aliphatic carbocycles. The van der Waals surface area contributed by atoms with Crippen LogP contribution < -0.4 is 0 Å². The number of ether oxygens (including phenoxy) is 1. The van der Waals surface area contributed by atoms with E-state index in [4.69, 9.17) is 4.74 Å². The minimum Gasteiger partial charge on any atom is -0.362 e. The Morgan fingerprint density at radius 3 is 2.17 bits per heavy atom. The highest BCUT2D eigenvalue weighted by atomic mass is 31.2. The smallest absolute Gasteiger partial charge is 0.105 e. The molecule has 0 N–H and O–H groups in total. The highest BCUT2D eigenvalue weighted by Crippen LogP contribution is 2.73. The van der Waals surface area contributed by atoms with Gasteiger partial charge in [-0.1, -0.05) is 12.8 Å². The normalized spacial score (nSPS) is 62.4. The molecule has 3 fully saturated rings. The second kappa shape index (κ2) is 1.83. The van der Waals surface area contributed by atoms with Crippen LogP contribution in [0, 0.1) is 0 Å². The predicted molar refractivity (Wildman–Crippen MR) is 48.3 cm³/mol. The molecule has 0 bridgehead atoms. The van der Waals surface area contributed by atoms with Crippen LogP contribution in [-0.2, 0) is 9.30 Å². The molecule has 0 amide bonds. The first-order valence-corrected chi connectivity index (χ1v) is 7.36. The minimum atomic E-state index is -1.80. The van der Waals surface area contributed by atoms with Gasteiger partial charge in [0, 0.05) is 12.3 Å². The van der Waals surface area contributed by atoms with Crippen LogP contribution in [0.5, 0.6) is 0 Å². The van der Waals surface area contributed by atoms with E-state index in [1.165, 1.54) is 25.7 Å². The van der Waals surface area contributed by atoms with Gasteiger partial charge in [0.2, 0.25) is 0 Å². The fraction of sp³-hybridized carbons (Fsp3) is 1.00. The summed E-state index contributed by atoms with van der Waals surface area (Å²) in [6.45, 7) is 1.96. The summed E-state index contributed by atoms with van der Waals surface area (Å²) >= 11 is 0. The Balaban J connectivity index is 1.98. The van der Waals surface area contributed by atoms with Gasteiger partial charge in [-0.3, -0.25) is 0 Å². The number of hydrogen-bond donors (Lipinski definition) is 0. The first-order chi connectivity index (χ1) is 5.58. The Morgan fingerprint density at radius 2 is 1.67 bits per heavy atom. The fourth-order valence-corrected chi connectivity index (χ4v) is 6.67. The molecule has 2 atom stereocenters. The van der Waals surface area contributed by atoms with E-state index < -0.39 is 7.14 Å². The number of rotatable bonds is 0. The molecule has 12 heavy (non-hydrogen) atoms. The van der Waals surface area contributed by atoms with Gasteiger partial charge in [0.25, 0.3) is 0 Å². The summed E-state index contributed by atoms with van der Waals surface area (Å²) in [5.74, 6) is 0. The molecular formula is C9H15O2P. The van der Waals surface area contributed by atoms with Crippen LogP contribution in [0.1, 0.15) is 25.7 Å². The van der Waals surface area contributed by atoms with Crippen molar-refractivity contribution in [2.24, 2.45) is 0 Å². The van der Waals surface area contributed by atoms with E-state index in [1.807, 2.05) is 6.66 Å². The number of hydrogen-bond acceptors (Lipinski definition) is 2. The zero-order chi connectivity index (χ0) is 8.45. The van der Waals surface area contributed by atoms with Crippen molar-refractivity contribution in [3.8, 4) is 0 Å². The minimum absolute atomic E-state index is 0.107. The Hall–Kier alpha value is 0.190. The quantitative estimate of drug-likeness (QED) is 0.428. The molecule has 2 aliphatic heterocycles. The summed E-state index contributed by atoms with van der Waals surface area (Å²) in [6.07, 6.45) is 6.65. The fourth-order valence-electron chi connectivity index (χ4n) is 3.37. The van der Waals surface area contributed by atoms with Gasteiger partial charge in [-0.15, -0.1) is 0 Å². The van der Waals surface area contributed by atoms with Crippen molar-refractivity contribution < 1.29 is 9.30 Å². The van der Waals surface area contributed by atoms with Gasteiger partial charge in [-0.05, 0) is 19.5 Å². The van der Waals surface area contributed by atoms with Crippen LogP contribution in [0.15, 0.2) is 0 Å². The van der Waals surface area contributed by atoms with Crippen molar-refractivity contribution in [3.63, 3.8) is 0 Å². The largest absolute Gasteiger partial charge is 0.362 e. The van der Waals surface area contributed by atoms with Crippen molar-refractivity contribution in [1.82, 2.24) is 0 Å². The second-order valence-corrected chi connectivity index (χ2v) is 8.14. The zero-order valence-corrected chi connectivity index (χ0v) is 8.40. The van der Waals surface area contributed by atoms with Crippen molar-refractivity contribution in [3.05, 3.63) is 0 Å². The molecule has 3 heteroatoms. The highest BCUT2D eigenvalue weighted by Gasteiger charge is 2.76. The molecule has 0 aromatic heterocycles. The van der Waals surface area contributed by atoms with Gasteiger partial charge in [-0.25, -0.2) is 0 Å². The topological polar surface area (TPSA) is 29.6 Å². The molecule has 0 aromatic carbocycles. The molecule has 3 aliphatic rings. The summed E-state index contributed by atoms with van der Waals surface area (Å²) in [7, 11) is -1.80. The molecule has 2 nitrogen and oxygen atoms in total.